The predicted molar refractivity (Wildman–Crippen MR) is 69.1 cm³/mol. The molecule has 0 aromatic heterocycles. The highest BCUT2D eigenvalue weighted by atomic mass is 16.5. The normalized spacial score (nSPS) is 17.1. The van der Waals surface area contributed by atoms with Crippen LogP contribution >= 0.6 is 0 Å². The minimum Gasteiger partial charge on any atom is -0.375 e. The largest absolute Gasteiger partial charge is 0.375 e. The molecule has 0 aliphatic carbocycles. The van der Waals surface area contributed by atoms with Crippen LogP contribution in [0, 0.1) is 5.92 Å². The summed E-state index contributed by atoms with van der Waals surface area (Å²) in [5.74, 6) is 0.272. The lowest BCUT2D eigenvalue weighted by molar-refractivity contribution is -0.142. The van der Waals surface area contributed by atoms with Gasteiger partial charge in [0.1, 0.15) is 6.61 Å². The highest BCUT2D eigenvalue weighted by Gasteiger charge is 2.29. The number of rotatable bonds is 4. The number of carbonyl (C=O) groups is 2. The van der Waals surface area contributed by atoms with Crippen LogP contribution < -0.4 is 0 Å². The molecule has 1 heterocycles. The summed E-state index contributed by atoms with van der Waals surface area (Å²) in [7, 11) is 3.36. The first kappa shape index (κ1) is 15.0. The van der Waals surface area contributed by atoms with Crippen molar-refractivity contribution in [1.29, 1.82) is 0 Å². The second kappa shape index (κ2) is 6.73. The monoisotopic (exact) mass is 256 g/mol. The number of ether oxygens (including phenoxy) is 1. The van der Waals surface area contributed by atoms with Crippen molar-refractivity contribution in [2.75, 3.05) is 33.9 Å². The zero-order valence-corrected chi connectivity index (χ0v) is 11.8. The lowest BCUT2D eigenvalue weighted by atomic mass is 9.95. The molecule has 18 heavy (non-hydrogen) atoms. The summed E-state index contributed by atoms with van der Waals surface area (Å²) in [6.07, 6.45) is 1.51. The fraction of sp³-hybridized carbons (Fsp3) is 0.846. The molecule has 2 amide bonds. The predicted octanol–water partition coefficient (Wildman–Crippen LogP) is 0.738. The molecule has 1 saturated heterocycles. The Labute approximate surface area is 109 Å². The third-order valence-electron chi connectivity index (χ3n) is 3.59. The van der Waals surface area contributed by atoms with Crippen molar-refractivity contribution in [3.8, 4) is 0 Å². The van der Waals surface area contributed by atoms with E-state index in [2.05, 4.69) is 0 Å². The second-order valence-electron chi connectivity index (χ2n) is 5.13. The van der Waals surface area contributed by atoms with Crippen molar-refractivity contribution in [3.05, 3.63) is 0 Å². The lowest BCUT2D eigenvalue weighted by Crippen LogP contribution is -2.45. The van der Waals surface area contributed by atoms with E-state index in [1.165, 1.54) is 7.11 Å². The molecule has 1 aliphatic heterocycles. The molecule has 104 valence electrons. The van der Waals surface area contributed by atoms with Crippen molar-refractivity contribution in [3.63, 3.8) is 0 Å². The van der Waals surface area contributed by atoms with Gasteiger partial charge in [0.25, 0.3) is 0 Å². The number of carbonyl (C=O) groups excluding carboxylic acids is 2. The smallest absolute Gasteiger partial charge is 0.248 e. The Bertz CT molecular complexity index is 297. The molecular weight excluding hydrogens is 232 g/mol. The summed E-state index contributed by atoms with van der Waals surface area (Å²) in [6.45, 7) is 5.46. The van der Waals surface area contributed by atoms with Crippen molar-refractivity contribution in [1.82, 2.24) is 9.80 Å². The summed E-state index contributed by atoms with van der Waals surface area (Å²) in [4.78, 5) is 27.3. The van der Waals surface area contributed by atoms with E-state index < -0.39 is 0 Å². The number of hydrogen-bond acceptors (Lipinski definition) is 3. The van der Waals surface area contributed by atoms with E-state index in [0.29, 0.717) is 13.1 Å². The van der Waals surface area contributed by atoms with Crippen molar-refractivity contribution >= 4 is 11.8 Å². The van der Waals surface area contributed by atoms with E-state index in [1.807, 2.05) is 20.9 Å². The van der Waals surface area contributed by atoms with E-state index in [-0.39, 0.29) is 30.4 Å². The van der Waals surface area contributed by atoms with Crippen LogP contribution in [0.5, 0.6) is 0 Å². The number of piperidine rings is 1. The van der Waals surface area contributed by atoms with Crippen LogP contribution in [0.1, 0.15) is 26.7 Å². The maximum atomic E-state index is 12.1. The first-order valence-electron chi connectivity index (χ1n) is 6.50. The van der Waals surface area contributed by atoms with Gasteiger partial charge in [-0.25, -0.2) is 0 Å². The second-order valence-corrected chi connectivity index (χ2v) is 5.13. The van der Waals surface area contributed by atoms with Crippen LogP contribution in [0.25, 0.3) is 0 Å². The van der Waals surface area contributed by atoms with E-state index in [0.717, 1.165) is 12.8 Å². The fourth-order valence-electron chi connectivity index (χ4n) is 2.13. The molecule has 0 N–H and O–H groups in total. The van der Waals surface area contributed by atoms with Crippen LogP contribution in [0.15, 0.2) is 0 Å². The summed E-state index contributed by atoms with van der Waals surface area (Å²) < 4.78 is 4.83. The number of amides is 2. The van der Waals surface area contributed by atoms with Gasteiger partial charge < -0.3 is 14.5 Å². The summed E-state index contributed by atoms with van der Waals surface area (Å²) >= 11 is 0. The average molecular weight is 256 g/mol. The molecule has 1 aliphatic rings. The minimum atomic E-state index is 0.0145. The van der Waals surface area contributed by atoms with Gasteiger partial charge in [-0.05, 0) is 26.7 Å². The van der Waals surface area contributed by atoms with Gasteiger partial charge in [-0.2, -0.15) is 0 Å². The molecule has 5 nitrogen and oxygen atoms in total. The standard InChI is InChI=1S/C13H24N2O3/c1-10(2)14(3)13(17)11-5-7-15(8-6-11)12(16)9-18-4/h10-11H,5-9H2,1-4H3. The zero-order chi connectivity index (χ0) is 13.7. The van der Waals surface area contributed by atoms with Gasteiger partial charge in [-0.15, -0.1) is 0 Å². The molecule has 1 fully saturated rings. The summed E-state index contributed by atoms with van der Waals surface area (Å²) in [6, 6.07) is 0.227. The van der Waals surface area contributed by atoms with Gasteiger partial charge in [0.15, 0.2) is 0 Å². The fourth-order valence-corrected chi connectivity index (χ4v) is 2.13. The Morgan fingerprint density at radius 1 is 1.33 bits per heavy atom. The third-order valence-corrected chi connectivity index (χ3v) is 3.59. The maximum absolute atomic E-state index is 12.1. The number of hydrogen-bond donors (Lipinski definition) is 0. The van der Waals surface area contributed by atoms with Crippen molar-refractivity contribution in [2.45, 2.75) is 32.7 Å². The van der Waals surface area contributed by atoms with Gasteiger partial charge in [-0.1, -0.05) is 0 Å². The average Bonchev–Trinajstić information content (AvgIpc) is 2.37. The molecule has 0 atom stereocenters. The quantitative estimate of drug-likeness (QED) is 0.745. The van der Waals surface area contributed by atoms with Gasteiger partial charge in [0.2, 0.25) is 11.8 Å². The lowest BCUT2D eigenvalue weighted by Gasteiger charge is -2.34. The molecule has 0 spiro atoms. The Hall–Kier alpha value is -1.10. The molecular formula is C13H24N2O3. The molecule has 5 heteroatoms. The molecule has 0 aromatic rings. The topological polar surface area (TPSA) is 49.9 Å². The molecule has 0 bridgehead atoms. The molecule has 1 rings (SSSR count). The van der Waals surface area contributed by atoms with Crippen LogP contribution in [0.3, 0.4) is 0 Å². The summed E-state index contributed by atoms with van der Waals surface area (Å²) in [5, 5.41) is 0. The first-order chi connectivity index (χ1) is 8.47. The third kappa shape index (κ3) is 3.70. The Morgan fingerprint density at radius 3 is 2.33 bits per heavy atom. The van der Waals surface area contributed by atoms with E-state index in [1.54, 1.807) is 9.80 Å². The van der Waals surface area contributed by atoms with E-state index in [9.17, 15) is 9.59 Å². The van der Waals surface area contributed by atoms with Crippen LogP contribution in [-0.4, -0.2) is 61.5 Å². The Balaban J connectivity index is 2.44. The highest BCUT2D eigenvalue weighted by molar-refractivity contribution is 5.80. The van der Waals surface area contributed by atoms with E-state index >= 15 is 0 Å². The van der Waals surface area contributed by atoms with Gasteiger partial charge in [0, 0.05) is 39.2 Å². The van der Waals surface area contributed by atoms with Gasteiger partial charge >= 0.3 is 0 Å². The van der Waals surface area contributed by atoms with E-state index in [4.69, 9.17) is 4.74 Å². The number of likely N-dealkylation sites (tertiary alicyclic amines) is 1. The molecule has 0 unspecified atom stereocenters. The number of nitrogens with zero attached hydrogens (tertiary/aromatic N) is 2. The van der Waals surface area contributed by atoms with Crippen LogP contribution in [0.4, 0.5) is 0 Å². The first-order valence-corrected chi connectivity index (χ1v) is 6.50. The van der Waals surface area contributed by atoms with Crippen LogP contribution in [0.2, 0.25) is 0 Å². The van der Waals surface area contributed by atoms with Crippen LogP contribution in [-0.2, 0) is 14.3 Å². The SMILES string of the molecule is COCC(=O)N1CCC(C(=O)N(C)C(C)C)CC1. The van der Waals surface area contributed by atoms with Gasteiger partial charge in [0.05, 0.1) is 0 Å². The van der Waals surface area contributed by atoms with Crippen molar-refractivity contribution < 1.29 is 14.3 Å². The Kier molecular flexibility index (Phi) is 5.59. The number of methoxy groups -OCH3 is 1. The molecule has 0 saturated carbocycles. The van der Waals surface area contributed by atoms with Crippen molar-refractivity contribution in [2.24, 2.45) is 5.92 Å². The highest BCUT2D eigenvalue weighted by Crippen LogP contribution is 2.20. The molecule has 0 radical (unpaired) electrons. The van der Waals surface area contributed by atoms with Gasteiger partial charge in [-0.3, -0.25) is 9.59 Å². The minimum absolute atomic E-state index is 0.0145. The zero-order valence-electron chi connectivity index (χ0n) is 11.8. The molecule has 0 aromatic carbocycles. The Morgan fingerprint density at radius 2 is 1.89 bits per heavy atom. The maximum Gasteiger partial charge on any atom is 0.248 e. The summed E-state index contributed by atoms with van der Waals surface area (Å²) in [5.41, 5.74) is 0.